The Bertz CT molecular complexity index is 836. The van der Waals surface area contributed by atoms with Crippen LogP contribution in [0.3, 0.4) is 0 Å². The first-order valence-corrected chi connectivity index (χ1v) is 7.54. The first-order chi connectivity index (χ1) is 11.5. The third-order valence-electron chi connectivity index (χ3n) is 3.92. The van der Waals surface area contributed by atoms with Crippen molar-refractivity contribution < 1.29 is 15.0 Å². The van der Waals surface area contributed by atoms with Gasteiger partial charge in [0.05, 0.1) is 24.4 Å². The van der Waals surface area contributed by atoms with Gasteiger partial charge in [-0.1, -0.05) is 18.2 Å². The van der Waals surface area contributed by atoms with E-state index in [0.29, 0.717) is 6.29 Å². The maximum Gasteiger partial charge on any atom is 0.219 e. The zero-order valence-corrected chi connectivity index (χ0v) is 13.1. The Hall–Kier alpha value is -2.77. The van der Waals surface area contributed by atoms with Crippen molar-refractivity contribution in [2.75, 3.05) is 0 Å². The second-order valence-electron chi connectivity index (χ2n) is 5.60. The van der Waals surface area contributed by atoms with Crippen LogP contribution in [-0.2, 0) is 11.3 Å². The smallest absolute Gasteiger partial charge is 0.219 e. The highest BCUT2D eigenvalue weighted by Crippen LogP contribution is 2.34. The standard InChI is InChI=1S/C17H18N4O3/c1-10(23)15(18)16-20-14(17(24)21(16)6-7-22)8-11-9-19-13-5-3-2-4-12(11)13/h2-5,7-10,15,23-24H,6,18H2,1H3/b11-8+/t10-,15+/m0/s1. The first-order valence-electron chi connectivity index (χ1n) is 7.54. The SMILES string of the molecule is C[C@H](O)[C@@H](N)c1nc(/C=C2\C=Nc3ccccc32)c(O)n1CC=O. The summed E-state index contributed by atoms with van der Waals surface area (Å²) in [7, 11) is 0. The number of rotatable bonds is 5. The zero-order chi connectivity index (χ0) is 17.3. The van der Waals surface area contributed by atoms with Crippen LogP contribution < -0.4 is 5.73 Å². The maximum absolute atomic E-state index is 10.9. The van der Waals surface area contributed by atoms with Crippen LogP contribution in [0.5, 0.6) is 5.88 Å². The molecular formula is C17H18N4O3. The van der Waals surface area contributed by atoms with Gasteiger partial charge in [-0.05, 0) is 19.1 Å². The zero-order valence-electron chi connectivity index (χ0n) is 13.1. The number of benzene rings is 1. The molecule has 124 valence electrons. The molecule has 1 aliphatic rings. The molecule has 7 nitrogen and oxygen atoms in total. The van der Waals surface area contributed by atoms with Crippen molar-refractivity contribution in [1.82, 2.24) is 9.55 Å². The van der Waals surface area contributed by atoms with Crippen LogP contribution in [0, 0.1) is 0 Å². The lowest BCUT2D eigenvalue weighted by molar-refractivity contribution is -0.108. The van der Waals surface area contributed by atoms with E-state index in [9.17, 15) is 15.0 Å². The number of aromatic nitrogens is 2. The van der Waals surface area contributed by atoms with Crippen molar-refractivity contribution in [2.45, 2.75) is 25.6 Å². The van der Waals surface area contributed by atoms with E-state index in [4.69, 9.17) is 5.73 Å². The highest BCUT2D eigenvalue weighted by molar-refractivity contribution is 6.21. The minimum absolute atomic E-state index is 0.0948. The van der Waals surface area contributed by atoms with Crippen LogP contribution >= 0.6 is 0 Å². The van der Waals surface area contributed by atoms with Crippen molar-refractivity contribution in [2.24, 2.45) is 10.7 Å². The van der Waals surface area contributed by atoms with Gasteiger partial charge in [-0.15, -0.1) is 0 Å². The summed E-state index contributed by atoms with van der Waals surface area (Å²) in [4.78, 5) is 19.5. The predicted octanol–water partition coefficient (Wildman–Crippen LogP) is 1.42. The van der Waals surface area contributed by atoms with E-state index in [2.05, 4.69) is 9.98 Å². The van der Waals surface area contributed by atoms with Crippen LogP contribution in [0.25, 0.3) is 11.6 Å². The van der Waals surface area contributed by atoms with Gasteiger partial charge < -0.3 is 20.7 Å². The topological polar surface area (TPSA) is 114 Å². The summed E-state index contributed by atoms with van der Waals surface area (Å²) in [6.07, 6.45) is 3.15. The number of nitrogens with two attached hydrogens (primary N) is 1. The van der Waals surface area contributed by atoms with E-state index in [0.717, 1.165) is 16.8 Å². The third-order valence-corrected chi connectivity index (χ3v) is 3.92. The lowest BCUT2D eigenvalue weighted by Gasteiger charge is -2.15. The quantitative estimate of drug-likeness (QED) is 0.719. The fourth-order valence-electron chi connectivity index (χ4n) is 2.60. The van der Waals surface area contributed by atoms with Gasteiger partial charge >= 0.3 is 0 Å². The van der Waals surface area contributed by atoms with Crippen molar-refractivity contribution in [1.29, 1.82) is 0 Å². The van der Waals surface area contributed by atoms with Crippen LogP contribution in [0.4, 0.5) is 5.69 Å². The molecule has 0 saturated carbocycles. The molecule has 2 aromatic rings. The Kier molecular flexibility index (Phi) is 4.28. The molecule has 0 unspecified atom stereocenters. The molecule has 7 heteroatoms. The van der Waals surface area contributed by atoms with Gasteiger partial charge in [-0.3, -0.25) is 9.56 Å². The number of hydrogen-bond acceptors (Lipinski definition) is 6. The minimum Gasteiger partial charge on any atom is -0.493 e. The Morgan fingerprint density at radius 3 is 2.83 bits per heavy atom. The van der Waals surface area contributed by atoms with E-state index in [1.807, 2.05) is 24.3 Å². The van der Waals surface area contributed by atoms with Crippen molar-refractivity contribution in [3.63, 3.8) is 0 Å². The third kappa shape index (κ3) is 2.75. The molecule has 0 fully saturated rings. The number of hydrogen-bond donors (Lipinski definition) is 3. The average molecular weight is 326 g/mol. The summed E-state index contributed by atoms with van der Waals surface area (Å²) in [5, 5.41) is 20.1. The Morgan fingerprint density at radius 1 is 1.38 bits per heavy atom. The van der Waals surface area contributed by atoms with Gasteiger partial charge in [0.15, 0.2) is 0 Å². The van der Waals surface area contributed by atoms with Gasteiger partial charge in [0.1, 0.15) is 17.8 Å². The normalized spacial score (nSPS) is 17.0. The molecule has 24 heavy (non-hydrogen) atoms. The number of imidazole rings is 1. The molecule has 0 bridgehead atoms. The molecule has 2 heterocycles. The van der Waals surface area contributed by atoms with E-state index in [1.165, 1.54) is 11.5 Å². The molecule has 4 N–H and O–H groups in total. The van der Waals surface area contributed by atoms with Crippen LogP contribution in [-0.4, -0.2) is 38.4 Å². The first kappa shape index (κ1) is 16.1. The molecule has 0 saturated heterocycles. The minimum atomic E-state index is -0.869. The highest BCUT2D eigenvalue weighted by Gasteiger charge is 2.24. The Labute approximate surface area is 138 Å². The molecule has 2 atom stereocenters. The summed E-state index contributed by atoms with van der Waals surface area (Å²) < 4.78 is 1.30. The largest absolute Gasteiger partial charge is 0.493 e. The monoisotopic (exact) mass is 326 g/mol. The fraction of sp³-hybridized carbons (Fsp3) is 0.235. The summed E-state index contributed by atoms with van der Waals surface area (Å²) in [6, 6.07) is 6.81. The van der Waals surface area contributed by atoms with Gasteiger partial charge in [0, 0.05) is 17.4 Å². The molecule has 0 amide bonds. The Morgan fingerprint density at radius 2 is 2.12 bits per heavy atom. The highest BCUT2D eigenvalue weighted by atomic mass is 16.3. The number of nitrogens with zero attached hydrogens (tertiary/aromatic N) is 3. The molecule has 1 aromatic heterocycles. The number of aldehydes is 1. The van der Waals surface area contributed by atoms with Gasteiger partial charge in [-0.2, -0.15) is 0 Å². The predicted molar refractivity (Wildman–Crippen MR) is 91.0 cm³/mol. The summed E-state index contributed by atoms with van der Waals surface area (Å²) >= 11 is 0. The molecule has 1 aliphatic heterocycles. The second-order valence-corrected chi connectivity index (χ2v) is 5.60. The van der Waals surface area contributed by atoms with E-state index in [1.54, 1.807) is 12.3 Å². The van der Waals surface area contributed by atoms with Gasteiger partial charge in [0.2, 0.25) is 5.88 Å². The Balaban J connectivity index is 2.07. The molecule has 3 rings (SSSR count). The van der Waals surface area contributed by atoms with Crippen molar-refractivity contribution >= 4 is 29.8 Å². The summed E-state index contributed by atoms with van der Waals surface area (Å²) in [6.45, 7) is 1.43. The average Bonchev–Trinajstić information content (AvgIpc) is 3.11. The maximum atomic E-state index is 10.9. The molecule has 0 spiro atoms. The number of aromatic hydroxyl groups is 1. The second kappa shape index (κ2) is 6.38. The van der Waals surface area contributed by atoms with Gasteiger partial charge in [-0.25, -0.2) is 4.98 Å². The van der Waals surface area contributed by atoms with Crippen LogP contribution in [0.1, 0.15) is 30.0 Å². The number of fused-ring (bicyclic) bond motifs is 1. The van der Waals surface area contributed by atoms with E-state index in [-0.39, 0.29) is 23.9 Å². The molecule has 1 aromatic carbocycles. The lowest BCUT2D eigenvalue weighted by Crippen LogP contribution is -2.27. The van der Waals surface area contributed by atoms with Gasteiger partial charge in [0.25, 0.3) is 0 Å². The van der Waals surface area contributed by atoms with E-state index < -0.39 is 12.1 Å². The van der Waals surface area contributed by atoms with Crippen molar-refractivity contribution in [3.05, 3.63) is 41.3 Å². The van der Waals surface area contributed by atoms with Crippen LogP contribution in [0.2, 0.25) is 0 Å². The summed E-state index contributed by atoms with van der Waals surface area (Å²) in [5.41, 5.74) is 8.78. The molecule has 0 radical (unpaired) electrons. The van der Waals surface area contributed by atoms with Crippen molar-refractivity contribution in [3.8, 4) is 5.88 Å². The molecular weight excluding hydrogens is 308 g/mol. The number of aliphatic hydroxyl groups excluding tert-OH is 1. The molecule has 0 aliphatic carbocycles. The number of allylic oxidation sites excluding steroid dienone is 1. The number of carbonyl (C=O) groups is 1. The number of carbonyl (C=O) groups excluding carboxylic acids is 1. The summed E-state index contributed by atoms with van der Waals surface area (Å²) in [5.74, 6) is 0.0863. The lowest BCUT2D eigenvalue weighted by atomic mass is 10.1. The van der Waals surface area contributed by atoms with Crippen LogP contribution in [0.15, 0.2) is 29.3 Å². The number of aliphatic imine (C=N–C) groups is 1. The van der Waals surface area contributed by atoms with E-state index >= 15 is 0 Å². The number of aliphatic hydroxyl groups is 1. The fourth-order valence-corrected chi connectivity index (χ4v) is 2.60. The number of para-hydroxylation sites is 1.